The lowest BCUT2D eigenvalue weighted by atomic mass is 10.3. The predicted octanol–water partition coefficient (Wildman–Crippen LogP) is 0.442. The SMILES string of the molecule is COc1ccc(P)cc1S(=O)(=O)O. The second-order valence-corrected chi connectivity index (χ2v) is 4.44. The minimum Gasteiger partial charge on any atom is -0.495 e. The highest BCUT2D eigenvalue weighted by molar-refractivity contribution is 7.86. The summed E-state index contributed by atoms with van der Waals surface area (Å²) in [6.45, 7) is 0. The van der Waals surface area contributed by atoms with Crippen LogP contribution in [0.2, 0.25) is 0 Å². The lowest BCUT2D eigenvalue weighted by Crippen LogP contribution is -2.04. The number of ether oxygens (including phenoxy) is 1. The normalized spacial score (nSPS) is 11.3. The first-order valence-corrected chi connectivity index (χ1v) is 5.38. The molecule has 1 unspecified atom stereocenters. The van der Waals surface area contributed by atoms with Crippen molar-refractivity contribution in [2.75, 3.05) is 7.11 Å². The molecule has 1 aromatic carbocycles. The van der Waals surface area contributed by atoms with Crippen LogP contribution in [0.5, 0.6) is 5.75 Å². The zero-order valence-corrected chi connectivity index (χ0v) is 8.86. The Hall–Kier alpha value is -0.640. The Morgan fingerprint density at radius 3 is 2.54 bits per heavy atom. The Morgan fingerprint density at radius 1 is 1.46 bits per heavy atom. The number of hydrogen-bond donors (Lipinski definition) is 1. The zero-order chi connectivity index (χ0) is 10.1. The van der Waals surface area contributed by atoms with Crippen molar-refractivity contribution < 1.29 is 17.7 Å². The lowest BCUT2D eigenvalue weighted by Gasteiger charge is -2.05. The first kappa shape index (κ1) is 10.4. The molecule has 0 radical (unpaired) electrons. The third kappa shape index (κ3) is 2.40. The molecule has 6 heteroatoms. The van der Waals surface area contributed by atoms with Crippen LogP contribution in [0.3, 0.4) is 0 Å². The summed E-state index contributed by atoms with van der Waals surface area (Å²) in [6, 6.07) is 4.46. The highest BCUT2D eigenvalue weighted by Crippen LogP contribution is 2.21. The molecule has 0 amide bonds. The van der Waals surface area contributed by atoms with Crippen LogP contribution < -0.4 is 10.0 Å². The molecule has 0 saturated carbocycles. The molecule has 0 spiro atoms. The van der Waals surface area contributed by atoms with Gasteiger partial charge in [0.15, 0.2) is 0 Å². The summed E-state index contributed by atoms with van der Waals surface area (Å²) in [6.07, 6.45) is 0. The molecular weight excluding hydrogens is 211 g/mol. The van der Waals surface area contributed by atoms with Gasteiger partial charge in [0.1, 0.15) is 10.6 Å². The molecule has 0 bridgehead atoms. The van der Waals surface area contributed by atoms with Gasteiger partial charge in [-0.3, -0.25) is 4.55 Å². The molecule has 4 nitrogen and oxygen atoms in total. The molecular formula is C7H9O4PS. The van der Waals surface area contributed by atoms with Crippen molar-refractivity contribution in [2.45, 2.75) is 4.90 Å². The van der Waals surface area contributed by atoms with Crippen LogP contribution in [0.4, 0.5) is 0 Å². The van der Waals surface area contributed by atoms with Crippen molar-refractivity contribution in [3.63, 3.8) is 0 Å². The summed E-state index contributed by atoms with van der Waals surface area (Å²) in [7, 11) is -0.533. The largest absolute Gasteiger partial charge is 0.495 e. The smallest absolute Gasteiger partial charge is 0.298 e. The summed E-state index contributed by atoms with van der Waals surface area (Å²) in [5.41, 5.74) is 0. The number of rotatable bonds is 2. The molecule has 0 fully saturated rings. The minimum atomic E-state index is -4.21. The molecule has 0 aliphatic rings. The maximum Gasteiger partial charge on any atom is 0.298 e. The minimum absolute atomic E-state index is 0.133. The summed E-state index contributed by atoms with van der Waals surface area (Å²) in [5.74, 6) is 0.133. The molecule has 72 valence electrons. The number of hydrogen-bond acceptors (Lipinski definition) is 3. The van der Waals surface area contributed by atoms with Gasteiger partial charge in [0.25, 0.3) is 10.1 Å². The van der Waals surface area contributed by atoms with E-state index in [1.165, 1.54) is 19.2 Å². The van der Waals surface area contributed by atoms with Gasteiger partial charge in [0.2, 0.25) is 0 Å². The topological polar surface area (TPSA) is 63.6 Å². The van der Waals surface area contributed by atoms with Crippen molar-refractivity contribution in [3.05, 3.63) is 18.2 Å². The highest BCUT2D eigenvalue weighted by Gasteiger charge is 2.15. The van der Waals surface area contributed by atoms with E-state index in [0.29, 0.717) is 5.30 Å². The van der Waals surface area contributed by atoms with Gasteiger partial charge in [0.05, 0.1) is 7.11 Å². The van der Waals surface area contributed by atoms with Crippen molar-refractivity contribution in [2.24, 2.45) is 0 Å². The molecule has 13 heavy (non-hydrogen) atoms. The van der Waals surface area contributed by atoms with Crippen LogP contribution in [0.25, 0.3) is 0 Å². The first-order valence-electron chi connectivity index (χ1n) is 3.36. The third-order valence-electron chi connectivity index (χ3n) is 1.47. The molecule has 1 rings (SSSR count). The van der Waals surface area contributed by atoms with Gasteiger partial charge in [-0.25, -0.2) is 0 Å². The van der Waals surface area contributed by atoms with E-state index in [1.54, 1.807) is 6.07 Å². The Morgan fingerprint density at radius 2 is 2.08 bits per heavy atom. The quantitative estimate of drug-likeness (QED) is 0.580. The Balaban J connectivity index is 3.41. The van der Waals surface area contributed by atoms with Crippen molar-refractivity contribution in [1.82, 2.24) is 0 Å². The van der Waals surface area contributed by atoms with E-state index in [1.807, 2.05) is 0 Å². The van der Waals surface area contributed by atoms with E-state index in [9.17, 15) is 8.42 Å². The van der Waals surface area contributed by atoms with Crippen LogP contribution >= 0.6 is 9.24 Å². The van der Waals surface area contributed by atoms with Gasteiger partial charge in [-0.2, -0.15) is 8.42 Å². The van der Waals surface area contributed by atoms with Gasteiger partial charge >= 0.3 is 0 Å². The van der Waals surface area contributed by atoms with Crippen molar-refractivity contribution >= 4 is 24.7 Å². The van der Waals surface area contributed by atoms with E-state index in [2.05, 4.69) is 9.24 Å². The van der Waals surface area contributed by atoms with E-state index in [4.69, 9.17) is 9.29 Å². The molecule has 0 aliphatic carbocycles. The number of methoxy groups -OCH3 is 1. The predicted molar refractivity (Wildman–Crippen MR) is 52.2 cm³/mol. The molecule has 0 heterocycles. The summed E-state index contributed by atoms with van der Waals surface area (Å²) in [5, 5.41) is 0.661. The highest BCUT2D eigenvalue weighted by atomic mass is 32.2. The Labute approximate surface area is 78.9 Å². The summed E-state index contributed by atoms with van der Waals surface area (Å²) in [4.78, 5) is -0.220. The van der Waals surface area contributed by atoms with Crippen molar-refractivity contribution in [3.8, 4) is 5.75 Å². The maximum absolute atomic E-state index is 10.8. The van der Waals surface area contributed by atoms with Crippen LogP contribution in [0, 0.1) is 0 Å². The third-order valence-corrected chi connectivity index (χ3v) is 2.70. The average Bonchev–Trinajstić information content (AvgIpc) is 2.03. The Bertz CT molecular complexity index is 413. The van der Waals surface area contributed by atoms with Gasteiger partial charge in [-0.05, 0) is 17.4 Å². The molecule has 1 N–H and O–H groups in total. The maximum atomic E-state index is 10.8. The fourth-order valence-corrected chi connectivity index (χ4v) is 1.97. The summed E-state index contributed by atoms with van der Waals surface area (Å²) >= 11 is 0. The van der Waals surface area contributed by atoms with E-state index >= 15 is 0 Å². The van der Waals surface area contributed by atoms with Crippen LogP contribution in [-0.2, 0) is 10.1 Å². The van der Waals surface area contributed by atoms with E-state index in [0.717, 1.165) is 0 Å². The lowest BCUT2D eigenvalue weighted by molar-refractivity contribution is 0.398. The summed E-state index contributed by atoms with van der Waals surface area (Å²) < 4.78 is 35.2. The van der Waals surface area contributed by atoms with Gasteiger partial charge in [-0.15, -0.1) is 9.24 Å². The van der Waals surface area contributed by atoms with Gasteiger partial charge in [0, 0.05) is 0 Å². The van der Waals surface area contributed by atoms with Gasteiger partial charge < -0.3 is 4.74 Å². The van der Waals surface area contributed by atoms with Crippen LogP contribution in [0.1, 0.15) is 0 Å². The van der Waals surface area contributed by atoms with Crippen molar-refractivity contribution in [1.29, 1.82) is 0 Å². The second kappa shape index (κ2) is 3.62. The fourth-order valence-electron chi connectivity index (χ4n) is 0.895. The van der Waals surface area contributed by atoms with Crippen LogP contribution in [0.15, 0.2) is 23.1 Å². The first-order chi connectivity index (χ1) is 5.95. The average molecular weight is 220 g/mol. The Kier molecular flexibility index (Phi) is 2.91. The second-order valence-electron chi connectivity index (χ2n) is 2.39. The van der Waals surface area contributed by atoms with Crippen LogP contribution in [-0.4, -0.2) is 20.1 Å². The fraction of sp³-hybridized carbons (Fsp3) is 0.143. The molecule has 0 saturated heterocycles. The monoisotopic (exact) mass is 220 g/mol. The molecule has 1 atom stereocenters. The van der Waals surface area contributed by atoms with Gasteiger partial charge in [-0.1, -0.05) is 6.07 Å². The standard InChI is InChI=1S/C7H9O4PS/c1-11-6-3-2-5(12)4-7(6)13(8,9)10/h2-4H,12H2,1H3,(H,8,9,10). The molecule has 0 aliphatic heterocycles. The molecule has 1 aromatic rings. The zero-order valence-electron chi connectivity index (χ0n) is 6.89. The number of benzene rings is 1. The van der Waals surface area contributed by atoms with E-state index < -0.39 is 10.1 Å². The van der Waals surface area contributed by atoms with E-state index in [-0.39, 0.29) is 10.6 Å². The molecule has 0 aromatic heterocycles.